The quantitative estimate of drug-likeness (QED) is 0.448. The number of sulfonamides is 1. The molecule has 1 aromatic carbocycles. The number of rotatable bonds is 5. The van der Waals surface area contributed by atoms with Crippen molar-refractivity contribution in [2.75, 3.05) is 29.3 Å². The van der Waals surface area contributed by atoms with Gasteiger partial charge in [0.15, 0.2) is 5.82 Å². The van der Waals surface area contributed by atoms with E-state index in [1.54, 1.807) is 58.4 Å². The molecule has 0 radical (unpaired) electrons. The summed E-state index contributed by atoms with van der Waals surface area (Å²) in [7, 11) is -3.11. The molecule has 0 saturated carbocycles. The van der Waals surface area contributed by atoms with Gasteiger partial charge in [-0.1, -0.05) is 11.6 Å². The predicted molar refractivity (Wildman–Crippen MR) is 144 cm³/mol. The van der Waals surface area contributed by atoms with Crippen molar-refractivity contribution in [1.29, 1.82) is 0 Å². The Labute approximate surface area is 231 Å². The zero-order chi connectivity index (χ0) is 28.6. The second kappa shape index (κ2) is 10.9. The zero-order valence-corrected chi connectivity index (χ0v) is 24.7. The minimum Gasteiger partial charge on any atom is -0.444 e. The van der Waals surface area contributed by atoms with Crippen molar-refractivity contribution in [2.24, 2.45) is 0 Å². The SMILES string of the molecule is CN(c1cc(F)c(S(=O)(=O)N(C(=O)OC(C)(C)C)c2cscn2)cc1Cl)C1CCN(C(=O)OC(C)(C)C)C1. The molecule has 2 aromatic rings. The van der Waals surface area contributed by atoms with Crippen LogP contribution in [0.4, 0.5) is 25.5 Å². The van der Waals surface area contributed by atoms with E-state index in [1.807, 2.05) is 0 Å². The van der Waals surface area contributed by atoms with Crippen LogP contribution in [-0.4, -0.2) is 67.9 Å². The number of aromatic nitrogens is 1. The van der Waals surface area contributed by atoms with Gasteiger partial charge in [0.25, 0.3) is 10.0 Å². The zero-order valence-electron chi connectivity index (χ0n) is 22.3. The van der Waals surface area contributed by atoms with Gasteiger partial charge >= 0.3 is 12.2 Å². The highest BCUT2D eigenvalue weighted by Crippen LogP contribution is 2.35. The average Bonchev–Trinajstić information content (AvgIpc) is 3.44. The smallest absolute Gasteiger partial charge is 0.430 e. The van der Waals surface area contributed by atoms with E-state index in [0.717, 1.165) is 23.5 Å². The topological polar surface area (TPSA) is 109 Å². The fourth-order valence-corrected chi connectivity index (χ4v) is 6.05. The van der Waals surface area contributed by atoms with Gasteiger partial charge < -0.3 is 19.3 Å². The fraction of sp³-hybridized carbons (Fsp3) is 0.542. The number of likely N-dealkylation sites (N-methyl/N-ethyl adjacent to an activating group) is 1. The Balaban J connectivity index is 1.90. The Hall–Kier alpha value is -2.64. The van der Waals surface area contributed by atoms with E-state index in [-0.39, 0.29) is 22.6 Å². The van der Waals surface area contributed by atoms with Crippen LogP contribution in [0.1, 0.15) is 48.0 Å². The summed E-state index contributed by atoms with van der Waals surface area (Å²) in [6, 6.07) is 1.75. The van der Waals surface area contributed by atoms with Crippen molar-refractivity contribution in [3.05, 3.63) is 33.9 Å². The van der Waals surface area contributed by atoms with Crippen molar-refractivity contribution in [3.8, 4) is 0 Å². The van der Waals surface area contributed by atoms with Gasteiger partial charge in [-0.05, 0) is 54.0 Å². The summed E-state index contributed by atoms with van der Waals surface area (Å²) in [6.45, 7) is 10.8. The van der Waals surface area contributed by atoms with E-state index in [2.05, 4.69) is 4.98 Å². The summed E-state index contributed by atoms with van der Waals surface area (Å²) in [5.74, 6) is -1.34. The number of carbonyl (C=O) groups excluding carboxylic acids is 2. The summed E-state index contributed by atoms with van der Waals surface area (Å²) in [5, 5.41) is 1.28. The summed E-state index contributed by atoms with van der Waals surface area (Å²) >= 11 is 7.52. The van der Waals surface area contributed by atoms with Crippen molar-refractivity contribution >= 4 is 56.7 Å². The van der Waals surface area contributed by atoms with Crippen LogP contribution in [0, 0.1) is 5.82 Å². The standard InChI is InChI=1S/C24H32ClFN4O6S2/c1-23(2,3)35-21(31)29-9-8-15(12-29)28(7)18-11-17(26)19(10-16(18)25)38(33,34)30(20-13-37-14-27-20)22(32)36-24(4,5)6/h10-11,13-15H,8-9,12H2,1-7H3. The first-order chi connectivity index (χ1) is 17.4. The minimum absolute atomic E-state index is 0.0504. The summed E-state index contributed by atoms with van der Waals surface area (Å²) in [4.78, 5) is 31.7. The molecule has 14 heteroatoms. The van der Waals surface area contributed by atoms with Crippen LogP contribution in [0.25, 0.3) is 0 Å². The molecule has 1 fully saturated rings. The van der Waals surface area contributed by atoms with Gasteiger partial charge in [-0.25, -0.2) is 27.4 Å². The summed E-state index contributed by atoms with van der Waals surface area (Å²) in [6.07, 6.45) is -1.10. The minimum atomic E-state index is -4.79. The Morgan fingerprint density at radius 2 is 1.79 bits per heavy atom. The van der Waals surface area contributed by atoms with Crippen LogP contribution in [0.15, 0.2) is 27.9 Å². The second-order valence-electron chi connectivity index (χ2n) is 10.8. The number of likely N-dealkylation sites (tertiary alicyclic amines) is 1. The largest absolute Gasteiger partial charge is 0.444 e. The molecule has 1 atom stereocenters. The molecule has 1 aliphatic rings. The Morgan fingerprint density at radius 3 is 2.34 bits per heavy atom. The number of anilines is 2. The molecule has 210 valence electrons. The third kappa shape index (κ3) is 6.86. The van der Waals surface area contributed by atoms with Crippen LogP contribution in [0.2, 0.25) is 5.02 Å². The molecule has 1 aromatic heterocycles. The first-order valence-corrected chi connectivity index (χ1v) is 14.5. The first kappa shape index (κ1) is 29.9. The summed E-state index contributed by atoms with van der Waals surface area (Å²) in [5.41, 5.74) is -0.0820. The first-order valence-electron chi connectivity index (χ1n) is 11.8. The van der Waals surface area contributed by atoms with Crippen molar-refractivity contribution < 1.29 is 31.9 Å². The van der Waals surface area contributed by atoms with Gasteiger partial charge in [-0.15, -0.1) is 15.6 Å². The maximum absolute atomic E-state index is 15.4. The lowest BCUT2D eigenvalue weighted by Crippen LogP contribution is -2.41. The second-order valence-corrected chi connectivity index (χ2v) is 13.7. The van der Waals surface area contributed by atoms with Crippen LogP contribution >= 0.6 is 22.9 Å². The number of thiazole rings is 1. The van der Waals surface area contributed by atoms with Gasteiger partial charge in [-0.2, -0.15) is 0 Å². The molecule has 2 heterocycles. The lowest BCUT2D eigenvalue weighted by atomic mass is 10.2. The average molecular weight is 591 g/mol. The van der Waals surface area contributed by atoms with E-state index in [1.165, 1.54) is 10.9 Å². The number of amides is 2. The van der Waals surface area contributed by atoms with Crippen molar-refractivity contribution in [2.45, 2.75) is 70.1 Å². The molecule has 0 bridgehead atoms. The highest BCUT2D eigenvalue weighted by atomic mass is 35.5. The van der Waals surface area contributed by atoms with Gasteiger partial charge in [0.1, 0.15) is 21.9 Å². The van der Waals surface area contributed by atoms with Gasteiger partial charge in [0.05, 0.1) is 16.2 Å². The maximum atomic E-state index is 15.4. The summed E-state index contributed by atoms with van der Waals surface area (Å²) < 4.78 is 53.5. The molecule has 0 aliphatic carbocycles. The van der Waals surface area contributed by atoms with Crippen LogP contribution in [0.5, 0.6) is 0 Å². The number of hydrogen-bond acceptors (Lipinski definition) is 9. The molecule has 1 aliphatic heterocycles. The molecule has 0 spiro atoms. The molecule has 3 rings (SSSR count). The van der Waals surface area contributed by atoms with Crippen molar-refractivity contribution in [1.82, 2.24) is 9.88 Å². The normalized spacial score (nSPS) is 16.3. The Kier molecular flexibility index (Phi) is 8.54. The lowest BCUT2D eigenvalue weighted by Gasteiger charge is -2.29. The van der Waals surface area contributed by atoms with Gasteiger partial charge in [-0.3, -0.25) is 0 Å². The van der Waals surface area contributed by atoms with E-state index in [0.29, 0.717) is 23.8 Å². The van der Waals surface area contributed by atoms with E-state index in [4.69, 9.17) is 21.1 Å². The monoisotopic (exact) mass is 590 g/mol. The van der Waals surface area contributed by atoms with Crippen LogP contribution < -0.4 is 9.21 Å². The molecular formula is C24H32ClFN4O6S2. The molecule has 0 N–H and O–H groups in total. The van der Waals surface area contributed by atoms with Crippen LogP contribution in [0.3, 0.4) is 0 Å². The third-order valence-corrected chi connectivity index (χ3v) is 8.01. The number of halogens is 2. The van der Waals surface area contributed by atoms with E-state index < -0.39 is 44.1 Å². The third-order valence-electron chi connectivity index (χ3n) is 5.45. The molecular weight excluding hydrogens is 559 g/mol. The lowest BCUT2D eigenvalue weighted by molar-refractivity contribution is 0.0292. The van der Waals surface area contributed by atoms with Gasteiger partial charge in [0, 0.05) is 37.6 Å². The number of benzene rings is 1. The molecule has 1 unspecified atom stereocenters. The molecule has 10 nitrogen and oxygen atoms in total. The number of carbonyl (C=O) groups is 2. The van der Waals surface area contributed by atoms with Crippen LogP contribution in [-0.2, 0) is 19.5 Å². The molecule has 38 heavy (non-hydrogen) atoms. The maximum Gasteiger partial charge on any atom is 0.430 e. The number of nitrogens with zero attached hydrogens (tertiary/aromatic N) is 4. The Morgan fingerprint density at radius 1 is 1.16 bits per heavy atom. The highest BCUT2D eigenvalue weighted by molar-refractivity contribution is 7.93. The molecule has 1 saturated heterocycles. The highest BCUT2D eigenvalue weighted by Gasteiger charge is 2.39. The van der Waals surface area contributed by atoms with E-state index in [9.17, 15) is 18.0 Å². The van der Waals surface area contributed by atoms with E-state index >= 15 is 4.39 Å². The van der Waals surface area contributed by atoms with Gasteiger partial charge in [0.2, 0.25) is 0 Å². The Bertz CT molecular complexity index is 1290. The number of ether oxygens (including phenoxy) is 2. The van der Waals surface area contributed by atoms with Crippen molar-refractivity contribution in [3.63, 3.8) is 0 Å². The fourth-order valence-electron chi connectivity index (χ4n) is 3.76. The molecule has 2 amide bonds. The number of hydrogen-bond donors (Lipinski definition) is 0. The predicted octanol–water partition coefficient (Wildman–Crippen LogP) is 5.51.